The number of ether oxygens (including phenoxy) is 2. The summed E-state index contributed by atoms with van der Waals surface area (Å²) >= 11 is 0. The van der Waals surface area contributed by atoms with Crippen LogP contribution < -0.4 is 9.47 Å². The molecule has 112 valence electrons. The van der Waals surface area contributed by atoms with E-state index < -0.39 is 5.60 Å². The van der Waals surface area contributed by atoms with E-state index in [1.54, 1.807) is 12.1 Å². The van der Waals surface area contributed by atoms with Crippen molar-refractivity contribution in [1.82, 2.24) is 0 Å². The van der Waals surface area contributed by atoms with Crippen LogP contribution in [-0.4, -0.2) is 17.3 Å². The molecule has 0 atom stereocenters. The van der Waals surface area contributed by atoms with Crippen molar-refractivity contribution in [1.29, 1.82) is 0 Å². The van der Waals surface area contributed by atoms with Crippen LogP contribution in [0, 0.1) is 5.82 Å². The van der Waals surface area contributed by atoms with Gasteiger partial charge in [0, 0.05) is 0 Å². The molecule has 0 aliphatic carbocycles. The first-order chi connectivity index (χ1) is 9.98. The molecule has 0 radical (unpaired) electrons. The Kier molecular flexibility index (Phi) is 4.81. The number of halogens is 1. The molecule has 2 aromatic carbocycles. The molecule has 0 aromatic heterocycles. The molecular weight excluding hydrogens is 271 g/mol. The summed E-state index contributed by atoms with van der Waals surface area (Å²) in [4.78, 5) is 0. The van der Waals surface area contributed by atoms with Crippen LogP contribution in [0.1, 0.15) is 19.4 Å². The maximum absolute atomic E-state index is 12.8. The maximum atomic E-state index is 12.8. The van der Waals surface area contributed by atoms with Crippen LogP contribution in [-0.2, 0) is 6.61 Å². The summed E-state index contributed by atoms with van der Waals surface area (Å²) in [6.45, 7) is 3.98. The van der Waals surface area contributed by atoms with E-state index in [0.29, 0.717) is 18.1 Å². The Bertz CT molecular complexity index is 562. The molecule has 0 saturated heterocycles. The largest absolute Gasteiger partial charge is 0.489 e. The molecule has 0 unspecified atom stereocenters. The zero-order valence-electron chi connectivity index (χ0n) is 12.2. The topological polar surface area (TPSA) is 38.7 Å². The third-order valence-corrected chi connectivity index (χ3v) is 2.92. The monoisotopic (exact) mass is 290 g/mol. The predicted molar refractivity (Wildman–Crippen MR) is 79.0 cm³/mol. The van der Waals surface area contributed by atoms with E-state index in [0.717, 1.165) is 5.56 Å². The average Bonchev–Trinajstić information content (AvgIpc) is 2.48. The minimum absolute atomic E-state index is 0.0531. The first kappa shape index (κ1) is 15.3. The van der Waals surface area contributed by atoms with Crippen LogP contribution in [0.2, 0.25) is 0 Å². The van der Waals surface area contributed by atoms with Gasteiger partial charge in [0.1, 0.15) is 29.5 Å². The molecule has 0 heterocycles. The molecule has 0 saturated carbocycles. The molecule has 0 aliphatic rings. The fourth-order valence-electron chi connectivity index (χ4n) is 1.70. The number of aliphatic hydroxyl groups excluding tert-OH is 1. The summed E-state index contributed by atoms with van der Waals surface area (Å²) in [7, 11) is 0. The highest BCUT2D eigenvalue weighted by Crippen LogP contribution is 2.20. The zero-order chi connectivity index (χ0) is 15.3. The van der Waals surface area contributed by atoms with Gasteiger partial charge in [-0.25, -0.2) is 4.39 Å². The van der Waals surface area contributed by atoms with Crippen molar-refractivity contribution in [3.8, 4) is 11.5 Å². The third-order valence-electron chi connectivity index (χ3n) is 2.92. The van der Waals surface area contributed by atoms with Crippen molar-refractivity contribution in [3.63, 3.8) is 0 Å². The second-order valence-electron chi connectivity index (χ2n) is 5.41. The van der Waals surface area contributed by atoms with E-state index >= 15 is 0 Å². The van der Waals surface area contributed by atoms with Crippen LogP contribution in [0.25, 0.3) is 0 Å². The zero-order valence-corrected chi connectivity index (χ0v) is 12.2. The fraction of sp³-hybridized carbons (Fsp3) is 0.294. The molecule has 0 spiro atoms. The lowest BCUT2D eigenvalue weighted by Gasteiger charge is -2.23. The van der Waals surface area contributed by atoms with E-state index in [9.17, 15) is 4.39 Å². The molecule has 3 nitrogen and oxygen atoms in total. The normalized spacial score (nSPS) is 11.2. The predicted octanol–water partition coefficient (Wildman–Crippen LogP) is 3.55. The molecule has 2 aromatic rings. The fourth-order valence-corrected chi connectivity index (χ4v) is 1.70. The van der Waals surface area contributed by atoms with E-state index in [1.807, 2.05) is 38.1 Å². The van der Waals surface area contributed by atoms with E-state index in [1.165, 1.54) is 12.1 Å². The van der Waals surface area contributed by atoms with E-state index in [2.05, 4.69) is 0 Å². The Morgan fingerprint density at radius 2 is 1.52 bits per heavy atom. The van der Waals surface area contributed by atoms with E-state index in [4.69, 9.17) is 14.6 Å². The minimum atomic E-state index is -0.605. The third kappa shape index (κ3) is 4.76. The van der Waals surface area contributed by atoms with Gasteiger partial charge < -0.3 is 14.6 Å². The molecule has 2 rings (SSSR count). The summed E-state index contributed by atoms with van der Waals surface area (Å²) in [5.41, 5.74) is 0.375. The first-order valence-electron chi connectivity index (χ1n) is 6.76. The molecule has 0 aliphatic heterocycles. The molecule has 0 bridgehead atoms. The molecule has 21 heavy (non-hydrogen) atoms. The van der Waals surface area contributed by atoms with Crippen molar-refractivity contribution >= 4 is 0 Å². The Hall–Kier alpha value is -2.07. The lowest BCUT2D eigenvalue weighted by atomic mass is 10.1. The van der Waals surface area contributed by atoms with Gasteiger partial charge >= 0.3 is 0 Å². The lowest BCUT2D eigenvalue weighted by molar-refractivity contribution is 0.0412. The Balaban J connectivity index is 1.92. The molecular formula is C17H19FO3. The summed E-state index contributed by atoms with van der Waals surface area (Å²) in [6, 6.07) is 13.4. The van der Waals surface area contributed by atoms with Crippen LogP contribution in [0.4, 0.5) is 4.39 Å². The van der Waals surface area contributed by atoms with Crippen LogP contribution in [0.15, 0.2) is 48.5 Å². The van der Waals surface area contributed by atoms with Gasteiger partial charge in [-0.15, -0.1) is 0 Å². The molecule has 0 fully saturated rings. The molecule has 4 heteroatoms. The highest BCUT2D eigenvalue weighted by molar-refractivity contribution is 5.28. The summed E-state index contributed by atoms with van der Waals surface area (Å²) in [5.74, 6) is 1.04. The van der Waals surface area contributed by atoms with Gasteiger partial charge in [-0.05, 0) is 55.8 Å². The summed E-state index contributed by atoms with van der Waals surface area (Å²) in [5, 5.41) is 9.17. The second-order valence-corrected chi connectivity index (χ2v) is 5.41. The van der Waals surface area contributed by atoms with Crippen molar-refractivity contribution < 1.29 is 19.0 Å². The van der Waals surface area contributed by atoms with Crippen molar-refractivity contribution in [2.45, 2.75) is 26.1 Å². The summed E-state index contributed by atoms with van der Waals surface area (Å²) < 4.78 is 24.0. The van der Waals surface area contributed by atoms with Crippen LogP contribution in [0.5, 0.6) is 11.5 Å². The van der Waals surface area contributed by atoms with Crippen LogP contribution >= 0.6 is 0 Å². The van der Waals surface area contributed by atoms with E-state index in [-0.39, 0.29) is 12.4 Å². The van der Waals surface area contributed by atoms with Gasteiger partial charge in [-0.2, -0.15) is 0 Å². The number of hydrogen-bond acceptors (Lipinski definition) is 3. The van der Waals surface area contributed by atoms with Gasteiger partial charge in [0.25, 0.3) is 0 Å². The number of rotatable bonds is 6. The Morgan fingerprint density at radius 3 is 2.10 bits per heavy atom. The Morgan fingerprint density at radius 1 is 0.952 bits per heavy atom. The number of aliphatic hydroxyl groups is 1. The maximum Gasteiger partial charge on any atom is 0.126 e. The molecule has 0 amide bonds. The Labute approximate surface area is 124 Å². The first-order valence-corrected chi connectivity index (χ1v) is 6.76. The lowest BCUT2D eigenvalue weighted by Crippen LogP contribution is -2.32. The quantitative estimate of drug-likeness (QED) is 0.884. The van der Waals surface area contributed by atoms with Gasteiger partial charge in [0.15, 0.2) is 0 Å². The standard InChI is InChI=1S/C17H19FO3/c1-17(2,12-19)21-16-7-3-13(4-8-16)11-20-15-9-5-14(18)6-10-15/h3-10,19H,11-12H2,1-2H3. The number of hydrogen-bond donors (Lipinski definition) is 1. The van der Waals surface area contributed by atoms with Gasteiger partial charge in [-0.3, -0.25) is 0 Å². The highest BCUT2D eigenvalue weighted by Gasteiger charge is 2.17. The van der Waals surface area contributed by atoms with Gasteiger partial charge in [-0.1, -0.05) is 12.1 Å². The summed E-state index contributed by atoms with van der Waals surface area (Å²) in [6.07, 6.45) is 0. The van der Waals surface area contributed by atoms with Crippen LogP contribution in [0.3, 0.4) is 0 Å². The minimum Gasteiger partial charge on any atom is -0.489 e. The highest BCUT2D eigenvalue weighted by atomic mass is 19.1. The SMILES string of the molecule is CC(C)(CO)Oc1ccc(COc2ccc(F)cc2)cc1. The molecule has 1 N–H and O–H groups in total. The average molecular weight is 290 g/mol. The van der Waals surface area contributed by atoms with Gasteiger partial charge in [0.2, 0.25) is 0 Å². The number of benzene rings is 2. The van der Waals surface area contributed by atoms with Crippen molar-refractivity contribution in [2.24, 2.45) is 0 Å². The van der Waals surface area contributed by atoms with Crippen molar-refractivity contribution in [2.75, 3.05) is 6.61 Å². The van der Waals surface area contributed by atoms with Gasteiger partial charge in [0.05, 0.1) is 6.61 Å². The smallest absolute Gasteiger partial charge is 0.126 e. The van der Waals surface area contributed by atoms with Crippen molar-refractivity contribution in [3.05, 3.63) is 59.9 Å². The second kappa shape index (κ2) is 6.59.